The van der Waals surface area contributed by atoms with Crippen molar-refractivity contribution in [2.45, 2.75) is 26.1 Å². The Labute approximate surface area is 75.8 Å². The monoisotopic (exact) mass is 188 g/mol. The molecule has 4 heteroatoms. The Balaban J connectivity index is 2.66. The minimum Gasteiger partial charge on any atom is -0.451 e. The Hall–Kier alpha value is -0.480. The maximum Gasteiger partial charge on any atom is 0.332 e. The van der Waals surface area contributed by atoms with Crippen molar-refractivity contribution in [2.24, 2.45) is 0 Å². The maximum atomic E-state index is 10.8. The zero-order chi connectivity index (χ0) is 9.14. The van der Waals surface area contributed by atoms with Crippen LogP contribution >= 0.6 is 11.8 Å². The number of rotatable bonds is 3. The van der Waals surface area contributed by atoms with Gasteiger partial charge in [-0.3, -0.25) is 0 Å². The first-order valence-corrected chi connectivity index (χ1v) is 4.86. The first kappa shape index (κ1) is 9.61. The minimum atomic E-state index is -0.623. The van der Waals surface area contributed by atoms with E-state index in [-0.39, 0.29) is 5.97 Å². The van der Waals surface area contributed by atoms with Gasteiger partial charge in [0.15, 0.2) is 6.10 Å². The summed E-state index contributed by atoms with van der Waals surface area (Å²) >= 11 is 1.53. The second kappa shape index (κ2) is 3.96. The molecule has 0 fully saturated rings. The average molecular weight is 188 g/mol. The molecule has 0 bridgehead atoms. The lowest BCUT2D eigenvalue weighted by Crippen LogP contribution is -2.24. The maximum absolute atomic E-state index is 10.8. The van der Waals surface area contributed by atoms with E-state index >= 15 is 0 Å². The second-order valence-corrected chi connectivity index (χ2v) is 3.92. The molecule has 0 aliphatic carbocycles. The molecular weight excluding hydrogens is 176 g/mol. The van der Waals surface area contributed by atoms with Crippen molar-refractivity contribution >= 4 is 17.7 Å². The largest absolute Gasteiger partial charge is 0.451 e. The molecule has 1 N–H and O–H groups in total. The SMILES string of the molecule is CCSC1=CC(=O)O[C@H]1[C@H](C)O. The van der Waals surface area contributed by atoms with Gasteiger partial charge in [0.1, 0.15) is 0 Å². The van der Waals surface area contributed by atoms with Crippen LogP contribution in [0.2, 0.25) is 0 Å². The molecule has 0 saturated heterocycles. The molecule has 1 aliphatic heterocycles. The van der Waals surface area contributed by atoms with Gasteiger partial charge < -0.3 is 9.84 Å². The fourth-order valence-electron chi connectivity index (χ4n) is 1.04. The van der Waals surface area contributed by atoms with Gasteiger partial charge in [-0.05, 0) is 12.7 Å². The van der Waals surface area contributed by atoms with Crippen LogP contribution in [0.3, 0.4) is 0 Å². The van der Waals surface area contributed by atoms with Gasteiger partial charge in [-0.15, -0.1) is 11.8 Å². The van der Waals surface area contributed by atoms with Crippen molar-refractivity contribution in [1.82, 2.24) is 0 Å². The molecule has 68 valence electrons. The Morgan fingerprint density at radius 3 is 3.00 bits per heavy atom. The van der Waals surface area contributed by atoms with Crippen LogP contribution in [0.25, 0.3) is 0 Å². The third kappa shape index (κ3) is 2.01. The quantitative estimate of drug-likeness (QED) is 0.669. The Kier molecular flexibility index (Phi) is 3.17. The lowest BCUT2D eigenvalue weighted by atomic mass is 10.2. The zero-order valence-corrected chi connectivity index (χ0v) is 7.93. The summed E-state index contributed by atoms with van der Waals surface area (Å²) in [6, 6.07) is 0. The van der Waals surface area contributed by atoms with E-state index in [0.29, 0.717) is 0 Å². The third-order valence-electron chi connectivity index (χ3n) is 1.53. The lowest BCUT2D eigenvalue weighted by Gasteiger charge is -2.15. The topological polar surface area (TPSA) is 46.5 Å². The highest BCUT2D eigenvalue weighted by molar-refractivity contribution is 8.03. The van der Waals surface area contributed by atoms with Crippen LogP contribution in [0.4, 0.5) is 0 Å². The van der Waals surface area contributed by atoms with Crippen molar-refractivity contribution in [2.75, 3.05) is 5.75 Å². The second-order valence-electron chi connectivity index (χ2n) is 2.58. The summed E-state index contributed by atoms with van der Waals surface area (Å²) < 4.78 is 4.89. The van der Waals surface area contributed by atoms with Crippen molar-refractivity contribution in [3.05, 3.63) is 11.0 Å². The van der Waals surface area contributed by atoms with Gasteiger partial charge in [0.2, 0.25) is 0 Å². The lowest BCUT2D eigenvalue weighted by molar-refractivity contribution is -0.142. The predicted molar refractivity (Wildman–Crippen MR) is 47.8 cm³/mol. The van der Waals surface area contributed by atoms with Gasteiger partial charge in [-0.25, -0.2) is 4.79 Å². The number of ether oxygens (including phenoxy) is 1. The number of carbonyl (C=O) groups excluding carboxylic acids is 1. The van der Waals surface area contributed by atoms with E-state index in [9.17, 15) is 9.90 Å². The van der Waals surface area contributed by atoms with E-state index in [2.05, 4.69) is 0 Å². The molecule has 2 atom stereocenters. The summed E-state index contributed by atoms with van der Waals surface area (Å²) in [5.41, 5.74) is 0. The van der Waals surface area contributed by atoms with Crippen molar-refractivity contribution < 1.29 is 14.6 Å². The minimum absolute atomic E-state index is 0.350. The van der Waals surface area contributed by atoms with Gasteiger partial charge in [0.05, 0.1) is 6.10 Å². The number of hydrogen-bond donors (Lipinski definition) is 1. The van der Waals surface area contributed by atoms with Gasteiger partial charge in [-0.1, -0.05) is 6.92 Å². The summed E-state index contributed by atoms with van der Waals surface area (Å²) in [5.74, 6) is 0.531. The standard InChI is InChI=1S/C8H12O3S/c1-3-12-6-4-7(10)11-8(6)5(2)9/h4-5,8-9H,3H2,1-2H3/t5-,8-/m0/s1. The summed E-state index contributed by atoms with van der Waals surface area (Å²) in [4.78, 5) is 11.7. The Bertz CT molecular complexity index is 210. The number of esters is 1. The predicted octanol–water partition coefficient (Wildman–Crippen LogP) is 0.930. The van der Waals surface area contributed by atoms with Gasteiger partial charge in [0.25, 0.3) is 0 Å². The van der Waals surface area contributed by atoms with Gasteiger partial charge in [-0.2, -0.15) is 0 Å². The molecule has 0 aromatic carbocycles. The van der Waals surface area contributed by atoms with Crippen LogP contribution in [-0.4, -0.2) is 29.0 Å². The zero-order valence-electron chi connectivity index (χ0n) is 7.11. The van der Waals surface area contributed by atoms with E-state index in [4.69, 9.17) is 4.74 Å². The van der Waals surface area contributed by atoms with Gasteiger partial charge in [0, 0.05) is 11.0 Å². The molecule has 1 rings (SSSR count). The highest BCUT2D eigenvalue weighted by Crippen LogP contribution is 2.28. The van der Waals surface area contributed by atoms with Crippen LogP contribution in [0.15, 0.2) is 11.0 Å². The molecule has 0 unspecified atom stereocenters. The molecule has 0 aromatic rings. The van der Waals surface area contributed by atoms with Crippen LogP contribution in [-0.2, 0) is 9.53 Å². The van der Waals surface area contributed by atoms with E-state index in [1.165, 1.54) is 17.8 Å². The van der Waals surface area contributed by atoms with Crippen molar-refractivity contribution in [3.8, 4) is 0 Å². The van der Waals surface area contributed by atoms with Crippen LogP contribution in [0.5, 0.6) is 0 Å². The first-order valence-electron chi connectivity index (χ1n) is 3.88. The molecule has 1 heterocycles. The molecule has 0 spiro atoms. The summed E-state index contributed by atoms with van der Waals surface area (Å²) in [5, 5.41) is 9.24. The van der Waals surface area contributed by atoms with Crippen molar-refractivity contribution in [3.63, 3.8) is 0 Å². The molecule has 0 amide bonds. The number of aliphatic hydroxyl groups excluding tert-OH is 1. The van der Waals surface area contributed by atoms with Gasteiger partial charge >= 0.3 is 5.97 Å². The third-order valence-corrected chi connectivity index (χ3v) is 2.50. The summed E-state index contributed by atoms with van der Waals surface area (Å²) in [6.07, 6.45) is 0.384. The fraction of sp³-hybridized carbons (Fsp3) is 0.625. The van der Waals surface area contributed by atoms with Crippen LogP contribution < -0.4 is 0 Å². The number of cyclic esters (lactones) is 1. The van der Waals surface area contributed by atoms with Crippen molar-refractivity contribution in [1.29, 1.82) is 0 Å². The molecule has 0 saturated carbocycles. The molecule has 0 radical (unpaired) electrons. The van der Waals surface area contributed by atoms with Crippen LogP contribution in [0, 0.1) is 0 Å². The molecule has 0 aromatic heterocycles. The summed E-state index contributed by atoms with van der Waals surface area (Å²) in [6.45, 7) is 3.61. The van der Waals surface area contributed by atoms with Crippen LogP contribution in [0.1, 0.15) is 13.8 Å². The fourth-order valence-corrected chi connectivity index (χ4v) is 1.96. The number of aliphatic hydroxyl groups is 1. The Morgan fingerprint density at radius 1 is 1.83 bits per heavy atom. The van der Waals surface area contributed by atoms with E-state index in [0.717, 1.165) is 10.7 Å². The normalized spacial score (nSPS) is 25.1. The van der Waals surface area contributed by atoms with E-state index in [1.54, 1.807) is 6.92 Å². The molecule has 3 nitrogen and oxygen atoms in total. The number of thioether (sulfide) groups is 1. The number of carbonyl (C=O) groups is 1. The van der Waals surface area contributed by atoms with E-state index < -0.39 is 12.2 Å². The highest BCUT2D eigenvalue weighted by Gasteiger charge is 2.29. The van der Waals surface area contributed by atoms with E-state index in [1.807, 2.05) is 6.92 Å². The first-order chi connectivity index (χ1) is 5.65. The molecular formula is C8H12O3S. The molecule has 12 heavy (non-hydrogen) atoms. The number of hydrogen-bond acceptors (Lipinski definition) is 4. The summed E-state index contributed by atoms with van der Waals surface area (Å²) in [7, 11) is 0. The Morgan fingerprint density at radius 2 is 2.50 bits per heavy atom. The highest BCUT2D eigenvalue weighted by atomic mass is 32.2. The molecule has 1 aliphatic rings. The smallest absolute Gasteiger partial charge is 0.332 e. The average Bonchev–Trinajstić information content (AvgIpc) is 2.32.